The summed E-state index contributed by atoms with van der Waals surface area (Å²) >= 11 is 0. The van der Waals surface area contributed by atoms with Crippen LogP contribution in [0.4, 0.5) is 0 Å². The van der Waals surface area contributed by atoms with Crippen LogP contribution in [0.15, 0.2) is 47.0 Å². The molecule has 84 valence electrons. The molecule has 16 heavy (non-hydrogen) atoms. The van der Waals surface area contributed by atoms with Crippen LogP contribution in [0.5, 0.6) is 0 Å². The molecule has 0 spiro atoms. The first-order valence-electron chi connectivity index (χ1n) is 5.48. The second kappa shape index (κ2) is 6.06. The van der Waals surface area contributed by atoms with Crippen molar-refractivity contribution in [1.29, 1.82) is 0 Å². The maximum atomic E-state index is 3.98. The van der Waals surface area contributed by atoms with Crippen molar-refractivity contribution in [3.05, 3.63) is 53.1 Å². The van der Waals surface area contributed by atoms with Gasteiger partial charge in [-0.2, -0.15) is 0 Å². The van der Waals surface area contributed by atoms with Crippen molar-refractivity contribution < 1.29 is 0 Å². The molecule has 1 aromatic carbocycles. The van der Waals surface area contributed by atoms with E-state index in [0.717, 1.165) is 5.57 Å². The van der Waals surface area contributed by atoms with Crippen LogP contribution < -0.4 is 0 Å². The van der Waals surface area contributed by atoms with E-state index in [2.05, 4.69) is 62.2 Å². The lowest BCUT2D eigenvalue weighted by atomic mass is 10.0. The van der Waals surface area contributed by atoms with Crippen LogP contribution in [0.3, 0.4) is 0 Å². The van der Waals surface area contributed by atoms with Gasteiger partial charge in [-0.25, -0.2) is 0 Å². The van der Waals surface area contributed by atoms with Crippen LogP contribution in [0.2, 0.25) is 0 Å². The fourth-order valence-corrected chi connectivity index (χ4v) is 1.61. The van der Waals surface area contributed by atoms with Gasteiger partial charge >= 0.3 is 0 Å². The number of allylic oxidation sites excluding steroid dienone is 4. The van der Waals surface area contributed by atoms with E-state index in [1.165, 1.54) is 16.7 Å². The first-order valence-corrected chi connectivity index (χ1v) is 5.48. The van der Waals surface area contributed by atoms with Gasteiger partial charge in [-0.15, -0.1) is 0 Å². The van der Waals surface area contributed by atoms with Crippen LogP contribution in [-0.4, -0.2) is 13.3 Å². The Kier molecular flexibility index (Phi) is 4.71. The van der Waals surface area contributed by atoms with Gasteiger partial charge in [0.05, 0.1) is 0 Å². The summed E-state index contributed by atoms with van der Waals surface area (Å²) in [5.74, 6) is 0. The van der Waals surface area contributed by atoms with Gasteiger partial charge in [0.2, 0.25) is 0 Å². The number of nitrogens with zero attached hydrogens (tertiary/aromatic N) is 1. The third-order valence-corrected chi connectivity index (χ3v) is 2.50. The largest absolute Gasteiger partial charge is 0.296 e. The number of rotatable bonds is 3. The van der Waals surface area contributed by atoms with Gasteiger partial charge in [-0.05, 0) is 43.0 Å². The Labute approximate surface area is 98.2 Å². The van der Waals surface area contributed by atoms with Crippen molar-refractivity contribution in [2.24, 2.45) is 4.99 Å². The maximum absolute atomic E-state index is 3.98. The van der Waals surface area contributed by atoms with Gasteiger partial charge in [0, 0.05) is 13.3 Å². The fraction of sp³-hybridized carbons (Fsp3) is 0.267. The molecule has 0 amide bonds. The Morgan fingerprint density at radius 1 is 1.12 bits per heavy atom. The van der Waals surface area contributed by atoms with E-state index in [9.17, 15) is 0 Å². The molecular formula is C15H19N. The third kappa shape index (κ3) is 3.50. The highest BCUT2D eigenvalue weighted by Gasteiger charge is 1.97. The predicted octanol–water partition coefficient (Wildman–Crippen LogP) is 4.05. The van der Waals surface area contributed by atoms with Crippen molar-refractivity contribution in [2.45, 2.75) is 20.8 Å². The van der Waals surface area contributed by atoms with Crippen LogP contribution in [0, 0.1) is 6.92 Å². The standard InChI is InChI=1S/C15H19N/c1-12(11-16-4)9-10-14(3)15-8-6-5-7-13(15)2/h5-11H,1-4H3/b12-9-,14-10+,16-11?. The van der Waals surface area contributed by atoms with Gasteiger partial charge in [0.25, 0.3) is 0 Å². The normalized spacial score (nSPS) is 13.5. The van der Waals surface area contributed by atoms with Crippen LogP contribution in [0.1, 0.15) is 25.0 Å². The molecule has 0 radical (unpaired) electrons. The zero-order valence-electron chi connectivity index (χ0n) is 10.5. The molecule has 0 heterocycles. The minimum atomic E-state index is 1.16. The summed E-state index contributed by atoms with van der Waals surface area (Å²) in [6.45, 7) is 6.32. The molecule has 1 aromatic rings. The summed E-state index contributed by atoms with van der Waals surface area (Å²) in [4.78, 5) is 3.98. The predicted molar refractivity (Wildman–Crippen MR) is 73.0 cm³/mol. The average Bonchev–Trinajstić information content (AvgIpc) is 2.27. The monoisotopic (exact) mass is 213 g/mol. The van der Waals surface area contributed by atoms with Crippen molar-refractivity contribution in [2.75, 3.05) is 7.05 Å². The Bertz CT molecular complexity index is 437. The van der Waals surface area contributed by atoms with E-state index in [4.69, 9.17) is 0 Å². The SMILES string of the molecule is CN=C/C(C)=C\C=C(/C)c1ccccc1C. The Morgan fingerprint density at radius 2 is 1.81 bits per heavy atom. The lowest BCUT2D eigenvalue weighted by molar-refractivity contribution is 1.41. The van der Waals surface area contributed by atoms with E-state index in [-0.39, 0.29) is 0 Å². The van der Waals surface area contributed by atoms with Gasteiger partial charge in [0.1, 0.15) is 0 Å². The molecule has 0 aliphatic heterocycles. The third-order valence-electron chi connectivity index (χ3n) is 2.50. The van der Waals surface area contributed by atoms with E-state index < -0.39 is 0 Å². The Morgan fingerprint density at radius 3 is 2.44 bits per heavy atom. The second-order valence-corrected chi connectivity index (χ2v) is 3.96. The summed E-state index contributed by atoms with van der Waals surface area (Å²) in [6, 6.07) is 8.43. The van der Waals surface area contributed by atoms with Crippen molar-refractivity contribution >= 4 is 11.8 Å². The first kappa shape index (κ1) is 12.4. The van der Waals surface area contributed by atoms with E-state index in [1.807, 2.05) is 6.21 Å². The van der Waals surface area contributed by atoms with Gasteiger partial charge < -0.3 is 0 Å². The van der Waals surface area contributed by atoms with Gasteiger partial charge in [-0.1, -0.05) is 36.4 Å². The lowest BCUT2D eigenvalue weighted by Crippen LogP contribution is -1.84. The molecular weight excluding hydrogens is 194 g/mol. The highest BCUT2D eigenvalue weighted by atomic mass is 14.6. The Balaban J connectivity index is 2.94. The molecule has 0 aliphatic rings. The van der Waals surface area contributed by atoms with Crippen molar-refractivity contribution in [1.82, 2.24) is 0 Å². The summed E-state index contributed by atoms with van der Waals surface area (Å²) in [6.07, 6.45) is 6.09. The quantitative estimate of drug-likeness (QED) is 0.530. The van der Waals surface area contributed by atoms with Crippen molar-refractivity contribution in [3.8, 4) is 0 Å². The van der Waals surface area contributed by atoms with Crippen LogP contribution >= 0.6 is 0 Å². The molecule has 0 saturated heterocycles. The molecule has 1 heteroatoms. The Hall–Kier alpha value is -1.63. The highest BCUT2D eigenvalue weighted by molar-refractivity contribution is 5.79. The topological polar surface area (TPSA) is 12.4 Å². The lowest BCUT2D eigenvalue weighted by Gasteiger charge is -2.04. The molecule has 1 nitrogen and oxygen atoms in total. The molecule has 0 aliphatic carbocycles. The second-order valence-electron chi connectivity index (χ2n) is 3.96. The maximum Gasteiger partial charge on any atom is 0.0277 e. The molecule has 0 fully saturated rings. The van der Waals surface area contributed by atoms with E-state index >= 15 is 0 Å². The summed E-state index contributed by atoms with van der Waals surface area (Å²) < 4.78 is 0. The molecule has 0 unspecified atom stereocenters. The zero-order chi connectivity index (χ0) is 12.0. The van der Waals surface area contributed by atoms with Crippen LogP contribution in [-0.2, 0) is 0 Å². The number of hydrogen-bond donors (Lipinski definition) is 0. The summed E-state index contributed by atoms with van der Waals surface area (Å²) in [5, 5.41) is 0. The fourth-order valence-electron chi connectivity index (χ4n) is 1.61. The summed E-state index contributed by atoms with van der Waals surface area (Å²) in [5.41, 5.74) is 5.06. The van der Waals surface area contributed by atoms with Crippen molar-refractivity contribution in [3.63, 3.8) is 0 Å². The molecule has 1 rings (SSSR count). The number of aryl methyl sites for hydroxylation is 1. The number of benzene rings is 1. The van der Waals surface area contributed by atoms with Gasteiger partial charge in [0.15, 0.2) is 0 Å². The number of hydrogen-bond acceptors (Lipinski definition) is 1. The minimum absolute atomic E-state index is 1.16. The molecule has 0 N–H and O–H groups in total. The first-order chi connectivity index (χ1) is 7.65. The molecule has 0 atom stereocenters. The number of aliphatic imine (C=N–C) groups is 1. The van der Waals surface area contributed by atoms with Gasteiger partial charge in [-0.3, -0.25) is 4.99 Å². The average molecular weight is 213 g/mol. The molecule has 0 saturated carbocycles. The van der Waals surface area contributed by atoms with Crippen LogP contribution in [0.25, 0.3) is 5.57 Å². The zero-order valence-corrected chi connectivity index (χ0v) is 10.5. The minimum Gasteiger partial charge on any atom is -0.296 e. The molecule has 0 aromatic heterocycles. The van der Waals surface area contributed by atoms with E-state index in [1.54, 1.807) is 7.05 Å². The summed E-state index contributed by atoms with van der Waals surface area (Å²) in [7, 11) is 1.79. The van der Waals surface area contributed by atoms with E-state index in [0.29, 0.717) is 0 Å². The smallest absolute Gasteiger partial charge is 0.0277 e. The molecule has 0 bridgehead atoms. The highest BCUT2D eigenvalue weighted by Crippen LogP contribution is 2.17.